The fourth-order valence-corrected chi connectivity index (χ4v) is 1.21. The zero-order valence-corrected chi connectivity index (χ0v) is 8.25. The highest BCUT2D eigenvalue weighted by Gasteiger charge is 2.01. The SMILES string of the molecule is CC(C)Cn1cc(CCCl)nn1. The van der Waals surface area contributed by atoms with Gasteiger partial charge in [-0.15, -0.1) is 16.7 Å². The predicted octanol–water partition coefficient (Wildman–Crippen LogP) is 1.72. The topological polar surface area (TPSA) is 30.7 Å². The lowest BCUT2D eigenvalue weighted by Crippen LogP contribution is -2.04. The minimum Gasteiger partial charge on any atom is -0.252 e. The van der Waals surface area contributed by atoms with Crippen LogP contribution in [0.4, 0.5) is 0 Å². The van der Waals surface area contributed by atoms with Crippen LogP contribution in [0.1, 0.15) is 19.5 Å². The van der Waals surface area contributed by atoms with Gasteiger partial charge < -0.3 is 0 Å². The number of aromatic nitrogens is 3. The highest BCUT2D eigenvalue weighted by atomic mass is 35.5. The molecular weight excluding hydrogens is 174 g/mol. The average molecular weight is 188 g/mol. The summed E-state index contributed by atoms with van der Waals surface area (Å²) in [6.07, 6.45) is 2.77. The molecule has 0 unspecified atom stereocenters. The van der Waals surface area contributed by atoms with E-state index in [1.807, 2.05) is 10.9 Å². The van der Waals surface area contributed by atoms with Gasteiger partial charge in [0.2, 0.25) is 0 Å². The lowest BCUT2D eigenvalue weighted by atomic mass is 10.2. The summed E-state index contributed by atoms with van der Waals surface area (Å²) in [6, 6.07) is 0. The van der Waals surface area contributed by atoms with Gasteiger partial charge in [0, 0.05) is 25.0 Å². The van der Waals surface area contributed by atoms with Gasteiger partial charge in [0.25, 0.3) is 0 Å². The molecule has 3 nitrogen and oxygen atoms in total. The summed E-state index contributed by atoms with van der Waals surface area (Å²) in [5, 5.41) is 7.97. The summed E-state index contributed by atoms with van der Waals surface area (Å²) >= 11 is 5.57. The Kier molecular flexibility index (Phi) is 3.53. The van der Waals surface area contributed by atoms with Crippen molar-refractivity contribution in [2.45, 2.75) is 26.8 Å². The van der Waals surface area contributed by atoms with Crippen LogP contribution in [0.3, 0.4) is 0 Å². The van der Waals surface area contributed by atoms with E-state index >= 15 is 0 Å². The quantitative estimate of drug-likeness (QED) is 0.672. The van der Waals surface area contributed by atoms with Crippen LogP contribution in [0.15, 0.2) is 6.20 Å². The maximum absolute atomic E-state index is 5.57. The number of halogens is 1. The van der Waals surface area contributed by atoms with Crippen molar-refractivity contribution in [3.63, 3.8) is 0 Å². The molecule has 0 saturated heterocycles. The molecule has 0 radical (unpaired) electrons. The highest BCUT2D eigenvalue weighted by molar-refractivity contribution is 6.17. The molecule has 0 bridgehead atoms. The molecule has 0 aliphatic carbocycles. The van der Waals surface area contributed by atoms with Gasteiger partial charge in [-0.2, -0.15) is 0 Å². The molecule has 4 heteroatoms. The first-order chi connectivity index (χ1) is 5.72. The zero-order valence-electron chi connectivity index (χ0n) is 7.50. The Hall–Kier alpha value is -0.570. The third kappa shape index (κ3) is 2.81. The number of alkyl halides is 1. The zero-order chi connectivity index (χ0) is 8.97. The summed E-state index contributed by atoms with van der Waals surface area (Å²) in [6.45, 7) is 5.24. The van der Waals surface area contributed by atoms with Crippen molar-refractivity contribution in [3.05, 3.63) is 11.9 Å². The number of hydrogen-bond donors (Lipinski definition) is 0. The van der Waals surface area contributed by atoms with Crippen LogP contribution in [0.25, 0.3) is 0 Å². The molecule has 0 aliphatic heterocycles. The number of rotatable bonds is 4. The van der Waals surface area contributed by atoms with Crippen LogP contribution in [-0.2, 0) is 13.0 Å². The Morgan fingerprint density at radius 3 is 2.92 bits per heavy atom. The van der Waals surface area contributed by atoms with E-state index in [9.17, 15) is 0 Å². The molecule has 12 heavy (non-hydrogen) atoms. The van der Waals surface area contributed by atoms with Crippen molar-refractivity contribution in [1.29, 1.82) is 0 Å². The van der Waals surface area contributed by atoms with Crippen molar-refractivity contribution < 1.29 is 0 Å². The Morgan fingerprint density at radius 2 is 2.33 bits per heavy atom. The van der Waals surface area contributed by atoms with Crippen LogP contribution >= 0.6 is 11.6 Å². The van der Waals surface area contributed by atoms with E-state index in [4.69, 9.17) is 11.6 Å². The molecule has 1 heterocycles. The normalized spacial score (nSPS) is 11.0. The van der Waals surface area contributed by atoms with Crippen LogP contribution in [0.2, 0.25) is 0 Å². The van der Waals surface area contributed by atoms with Gasteiger partial charge in [0.15, 0.2) is 0 Å². The summed E-state index contributed by atoms with van der Waals surface area (Å²) in [7, 11) is 0. The van der Waals surface area contributed by atoms with Gasteiger partial charge in [-0.1, -0.05) is 19.1 Å². The Morgan fingerprint density at radius 1 is 1.58 bits per heavy atom. The van der Waals surface area contributed by atoms with Gasteiger partial charge in [-0.3, -0.25) is 4.68 Å². The van der Waals surface area contributed by atoms with Crippen molar-refractivity contribution in [2.24, 2.45) is 5.92 Å². The molecule has 1 aromatic rings. The van der Waals surface area contributed by atoms with E-state index in [1.165, 1.54) is 0 Å². The second-order valence-electron chi connectivity index (χ2n) is 3.26. The summed E-state index contributed by atoms with van der Waals surface area (Å²) in [4.78, 5) is 0. The third-order valence-corrected chi connectivity index (χ3v) is 1.68. The van der Waals surface area contributed by atoms with Crippen molar-refractivity contribution in [2.75, 3.05) is 5.88 Å². The summed E-state index contributed by atoms with van der Waals surface area (Å²) < 4.78 is 1.87. The smallest absolute Gasteiger partial charge is 0.0839 e. The van der Waals surface area contributed by atoms with Gasteiger partial charge in [-0.25, -0.2) is 0 Å². The fraction of sp³-hybridized carbons (Fsp3) is 0.750. The number of hydrogen-bond acceptors (Lipinski definition) is 2. The first kappa shape index (κ1) is 9.52. The number of aryl methyl sites for hydroxylation is 1. The maximum Gasteiger partial charge on any atom is 0.0839 e. The minimum absolute atomic E-state index is 0.607. The summed E-state index contributed by atoms with van der Waals surface area (Å²) in [5.41, 5.74) is 0.977. The standard InChI is InChI=1S/C8H14ClN3/c1-7(2)5-12-6-8(3-4-9)10-11-12/h6-7H,3-5H2,1-2H3. The molecule has 0 atom stereocenters. The highest BCUT2D eigenvalue weighted by Crippen LogP contribution is 2.00. The van der Waals surface area contributed by atoms with E-state index in [-0.39, 0.29) is 0 Å². The number of nitrogens with zero attached hydrogens (tertiary/aromatic N) is 3. The molecule has 0 amide bonds. The van der Waals surface area contributed by atoms with Crippen molar-refractivity contribution >= 4 is 11.6 Å². The maximum atomic E-state index is 5.57. The van der Waals surface area contributed by atoms with Crippen LogP contribution < -0.4 is 0 Å². The second-order valence-corrected chi connectivity index (χ2v) is 3.64. The van der Waals surface area contributed by atoms with E-state index < -0.39 is 0 Å². The van der Waals surface area contributed by atoms with E-state index in [2.05, 4.69) is 24.2 Å². The lowest BCUT2D eigenvalue weighted by molar-refractivity contribution is 0.472. The summed E-state index contributed by atoms with van der Waals surface area (Å²) in [5.74, 6) is 1.22. The van der Waals surface area contributed by atoms with Crippen LogP contribution in [0.5, 0.6) is 0 Å². The molecule has 0 N–H and O–H groups in total. The first-order valence-electron chi connectivity index (χ1n) is 4.17. The Balaban J connectivity index is 2.52. The molecule has 68 valence electrons. The monoisotopic (exact) mass is 187 g/mol. The first-order valence-corrected chi connectivity index (χ1v) is 4.70. The third-order valence-electron chi connectivity index (χ3n) is 1.49. The predicted molar refractivity (Wildman–Crippen MR) is 49.3 cm³/mol. The van der Waals surface area contributed by atoms with Crippen molar-refractivity contribution in [3.8, 4) is 0 Å². The average Bonchev–Trinajstić information content (AvgIpc) is 2.36. The molecular formula is C8H14ClN3. The molecule has 0 saturated carbocycles. The molecule has 0 aromatic carbocycles. The van der Waals surface area contributed by atoms with Crippen molar-refractivity contribution in [1.82, 2.24) is 15.0 Å². The molecule has 0 aliphatic rings. The van der Waals surface area contributed by atoms with E-state index in [0.717, 1.165) is 18.7 Å². The molecule has 0 spiro atoms. The fourth-order valence-electron chi connectivity index (χ4n) is 1.01. The Bertz CT molecular complexity index is 232. The van der Waals surface area contributed by atoms with Gasteiger partial charge in [-0.05, 0) is 5.92 Å². The van der Waals surface area contributed by atoms with Gasteiger partial charge in [0.1, 0.15) is 0 Å². The molecule has 1 rings (SSSR count). The van der Waals surface area contributed by atoms with Crippen LogP contribution in [-0.4, -0.2) is 20.9 Å². The van der Waals surface area contributed by atoms with E-state index in [1.54, 1.807) is 0 Å². The lowest BCUT2D eigenvalue weighted by Gasteiger charge is -2.01. The second kappa shape index (κ2) is 4.45. The Labute approximate surface area is 77.7 Å². The minimum atomic E-state index is 0.607. The molecule has 0 fully saturated rings. The van der Waals surface area contributed by atoms with Crippen LogP contribution in [0, 0.1) is 5.92 Å². The van der Waals surface area contributed by atoms with Gasteiger partial charge in [0.05, 0.1) is 5.69 Å². The van der Waals surface area contributed by atoms with E-state index in [0.29, 0.717) is 11.8 Å². The van der Waals surface area contributed by atoms with Gasteiger partial charge >= 0.3 is 0 Å². The largest absolute Gasteiger partial charge is 0.252 e. The molecule has 1 aromatic heterocycles.